The lowest BCUT2D eigenvalue weighted by molar-refractivity contribution is -0.0979. The number of aliphatic hydroxyl groups is 1. The largest absolute Gasteiger partial charge is 0.412 e. The van der Waals surface area contributed by atoms with Crippen LogP contribution >= 0.6 is 0 Å². The van der Waals surface area contributed by atoms with Crippen LogP contribution in [0.1, 0.15) is 6.92 Å². The molecule has 0 radical (unpaired) electrons. The van der Waals surface area contributed by atoms with Crippen molar-refractivity contribution in [2.75, 3.05) is 6.61 Å². The van der Waals surface area contributed by atoms with E-state index in [1.54, 1.807) is 6.92 Å². The van der Waals surface area contributed by atoms with Crippen molar-refractivity contribution in [2.45, 2.75) is 6.92 Å². The van der Waals surface area contributed by atoms with Gasteiger partial charge in [-0.2, -0.15) is 0 Å². The van der Waals surface area contributed by atoms with E-state index < -0.39 is 0 Å². The minimum Gasteiger partial charge on any atom is -0.412 e. The van der Waals surface area contributed by atoms with Gasteiger partial charge in [0.15, 0.2) is 0 Å². The summed E-state index contributed by atoms with van der Waals surface area (Å²) in [4.78, 5) is 8.00. The van der Waals surface area contributed by atoms with Gasteiger partial charge in [0.1, 0.15) is 6.79 Å². The van der Waals surface area contributed by atoms with Gasteiger partial charge < -0.3 is 15.4 Å². The van der Waals surface area contributed by atoms with E-state index >= 15 is 0 Å². The van der Waals surface area contributed by atoms with Gasteiger partial charge in [0.05, 0.1) is 0 Å². The normalized spacial score (nSPS) is 3.67. The molecule has 0 spiro atoms. The molecule has 40 valence electrons. The van der Waals surface area contributed by atoms with Gasteiger partial charge in [-0.1, -0.05) is 0 Å². The third-order valence-corrected chi connectivity index (χ3v) is 0. The average Bonchev–Trinajstić information content (AvgIpc) is 1.46. The minimum atomic E-state index is 0. The zero-order valence-electron chi connectivity index (χ0n) is 3.77. The molecule has 3 nitrogen and oxygen atoms in total. The number of rotatable bonds is 0. The van der Waals surface area contributed by atoms with Crippen LogP contribution in [0.2, 0.25) is 0 Å². The molecule has 0 aliphatic heterocycles. The molecule has 0 saturated carbocycles. The summed E-state index contributed by atoms with van der Waals surface area (Å²) in [6.07, 6.45) is 0. The first kappa shape index (κ1) is 17.6. The third kappa shape index (κ3) is 143. The van der Waals surface area contributed by atoms with Crippen LogP contribution in [0.4, 0.5) is 0 Å². The summed E-state index contributed by atoms with van der Waals surface area (Å²) in [6, 6.07) is 0. The molecule has 0 aromatic heterocycles. The number of hydrogen-bond acceptors (Lipinski definition) is 2. The summed E-state index contributed by atoms with van der Waals surface area (Å²) in [5.74, 6) is 0. The van der Waals surface area contributed by atoms with Crippen molar-refractivity contribution in [1.29, 1.82) is 0 Å². The fraction of sp³-hybridized carbons (Fsp3) is 0.667. The number of hydrogen-bond donors (Lipinski definition) is 1. The maximum absolute atomic E-state index is 8.00. The maximum Gasteiger partial charge on any atom is 0.106 e. The van der Waals surface area contributed by atoms with Gasteiger partial charge in [0.2, 0.25) is 0 Å². The van der Waals surface area contributed by atoms with E-state index in [9.17, 15) is 0 Å². The molecule has 0 heterocycles. The summed E-state index contributed by atoms with van der Waals surface area (Å²) >= 11 is 0. The molecule has 0 aromatic rings. The van der Waals surface area contributed by atoms with Crippen LogP contribution in [0.15, 0.2) is 0 Å². The Labute approximate surface area is 36.9 Å². The van der Waals surface area contributed by atoms with Crippen LogP contribution in [0.25, 0.3) is 0 Å². The molecule has 6 heavy (non-hydrogen) atoms. The van der Waals surface area contributed by atoms with Crippen LogP contribution in [0.5, 0.6) is 0 Å². The van der Waals surface area contributed by atoms with Crippen LogP contribution < -0.4 is 0 Å². The summed E-state index contributed by atoms with van der Waals surface area (Å²) in [5, 5.41) is 7.57. The zero-order chi connectivity index (χ0) is 4.71. The standard InChI is InChI=1S/C2H6O.CH2O.H2O/c1-2-3;1-2;/h3H,2H2,1H3;1H2;1H2. The molecular formula is C3H10O3. The van der Waals surface area contributed by atoms with E-state index in [4.69, 9.17) is 9.90 Å². The molecule has 0 saturated heterocycles. The Morgan fingerprint density at radius 1 is 1.67 bits per heavy atom. The Bertz CT molecular complexity index is 10.0. The minimum absolute atomic E-state index is 0. The summed E-state index contributed by atoms with van der Waals surface area (Å²) < 4.78 is 0. The van der Waals surface area contributed by atoms with E-state index in [2.05, 4.69) is 0 Å². The van der Waals surface area contributed by atoms with Gasteiger partial charge in [-0.05, 0) is 6.92 Å². The SMILES string of the molecule is C=O.CCO.O. The predicted octanol–water partition coefficient (Wildman–Crippen LogP) is -1.01. The lowest BCUT2D eigenvalue weighted by atomic mass is 10.9. The topological polar surface area (TPSA) is 68.8 Å². The highest BCUT2D eigenvalue weighted by molar-refractivity contribution is 5.10. The first-order valence-electron chi connectivity index (χ1n) is 1.31. The maximum atomic E-state index is 8.00. The van der Waals surface area contributed by atoms with E-state index in [-0.39, 0.29) is 12.1 Å². The van der Waals surface area contributed by atoms with Crippen molar-refractivity contribution in [3.63, 3.8) is 0 Å². The van der Waals surface area contributed by atoms with E-state index in [1.807, 2.05) is 6.79 Å². The third-order valence-electron chi connectivity index (χ3n) is 0. The highest BCUT2D eigenvalue weighted by Crippen LogP contribution is 1.30. The lowest BCUT2D eigenvalue weighted by Crippen LogP contribution is -1.57. The quantitative estimate of drug-likeness (QED) is 0.418. The fourth-order valence-corrected chi connectivity index (χ4v) is 0. The second kappa shape index (κ2) is 170. The molecule has 3 heteroatoms. The van der Waals surface area contributed by atoms with Crippen molar-refractivity contribution >= 4 is 6.79 Å². The summed E-state index contributed by atoms with van der Waals surface area (Å²) in [6.45, 7) is 3.93. The zero-order valence-corrected chi connectivity index (χ0v) is 3.77. The number of carbonyl (C=O) groups excluding carboxylic acids is 1. The van der Waals surface area contributed by atoms with Gasteiger partial charge >= 0.3 is 0 Å². The molecule has 0 aliphatic rings. The van der Waals surface area contributed by atoms with E-state index in [1.165, 1.54) is 0 Å². The number of carbonyl (C=O) groups is 1. The Balaban J connectivity index is -0.0000000275. The Morgan fingerprint density at radius 3 is 1.67 bits per heavy atom. The van der Waals surface area contributed by atoms with Gasteiger partial charge in [0.25, 0.3) is 0 Å². The molecule has 0 amide bonds. The molecule has 0 fully saturated rings. The Hall–Kier alpha value is -0.410. The predicted molar refractivity (Wildman–Crippen MR) is 23.5 cm³/mol. The van der Waals surface area contributed by atoms with E-state index in [0.29, 0.717) is 0 Å². The van der Waals surface area contributed by atoms with Crippen LogP contribution in [-0.4, -0.2) is 24.0 Å². The summed E-state index contributed by atoms with van der Waals surface area (Å²) in [7, 11) is 0. The van der Waals surface area contributed by atoms with Gasteiger partial charge in [-0.25, -0.2) is 0 Å². The molecule has 3 N–H and O–H groups in total. The molecule has 0 bridgehead atoms. The first-order chi connectivity index (χ1) is 2.41. The van der Waals surface area contributed by atoms with Crippen molar-refractivity contribution in [1.82, 2.24) is 0 Å². The van der Waals surface area contributed by atoms with Gasteiger partial charge in [-0.15, -0.1) is 0 Å². The second-order valence-corrected chi connectivity index (χ2v) is 0.316. The Kier molecular flexibility index (Phi) is 497. The molecule has 0 aliphatic carbocycles. The molecule has 0 aromatic carbocycles. The molecule has 0 rings (SSSR count). The monoisotopic (exact) mass is 94.1 g/mol. The van der Waals surface area contributed by atoms with Gasteiger partial charge in [-0.3, -0.25) is 0 Å². The molecule has 0 unspecified atom stereocenters. The second-order valence-electron chi connectivity index (χ2n) is 0.316. The lowest BCUT2D eigenvalue weighted by Gasteiger charge is -1.52. The first-order valence-corrected chi connectivity index (χ1v) is 1.31. The highest BCUT2D eigenvalue weighted by Gasteiger charge is 1.34. The summed E-state index contributed by atoms with van der Waals surface area (Å²) in [5.41, 5.74) is 0. The van der Waals surface area contributed by atoms with E-state index in [0.717, 1.165) is 0 Å². The van der Waals surface area contributed by atoms with Crippen LogP contribution in [0.3, 0.4) is 0 Å². The highest BCUT2D eigenvalue weighted by atomic mass is 16.2. The average molecular weight is 94.1 g/mol. The van der Waals surface area contributed by atoms with Crippen molar-refractivity contribution in [3.8, 4) is 0 Å². The fourth-order valence-electron chi connectivity index (χ4n) is 0. The van der Waals surface area contributed by atoms with Gasteiger partial charge in [0, 0.05) is 6.61 Å². The van der Waals surface area contributed by atoms with Crippen molar-refractivity contribution in [2.24, 2.45) is 0 Å². The molecular weight excluding hydrogens is 84.0 g/mol. The smallest absolute Gasteiger partial charge is 0.106 e. The van der Waals surface area contributed by atoms with Crippen LogP contribution in [-0.2, 0) is 4.79 Å². The number of aliphatic hydroxyl groups excluding tert-OH is 1. The Morgan fingerprint density at radius 2 is 1.67 bits per heavy atom. The molecule has 0 atom stereocenters. The van der Waals surface area contributed by atoms with Crippen LogP contribution in [0, 0.1) is 0 Å². The van der Waals surface area contributed by atoms with Crippen molar-refractivity contribution in [3.05, 3.63) is 0 Å². The van der Waals surface area contributed by atoms with Crippen molar-refractivity contribution < 1.29 is 15.4 Å².